The van der Waals surface area contributed by atoms with E-state index in [1.807, 2.05) is 12.1 Å². The zero-order valence-electron chi connectivity index (χ0n) is 14.1. The number of aromatic hydroxyl groups is 1. The van der Waals surface area contributed by atoms with Gasteiger partial charge in [0.1, 0.15) is 11.4 Å². The van der Waals surface area contributed by atoms with Crippen LogP contribution in [0.3, 0.4) is 0 Å². The molecule has 4 nitrogen and oxygen atoms in total. The van der Waals surface area contributed by atoms with Crippen LogP contribution in [0.4, 0.5) is 0 Å². The zero-order valence-corrected chi connectivity index (χ0v) is 14.1. The Bertz CT molecular complexity index is 666. The summed E-state index contributed by atoms with van der Waals surface area (Å²) in [7, 11) is 0. The van der Waals surface area contributed by atoms with Crippen LogP contribution in [0.15, 0.2) is 24.4 Å². The lowest BCUT2D eigenvalue weighted by Crippen LogP contribution is -2.18. The molecular weight excluding hydrogens is 276 g/mol. The van der Waals surface area contributed by atoms with Gasteiger partial charge in [-0.1, -0.05) is 41.5 Å². The zero-order chi connectivity index (χ0) is 16.7. The SMILES string of the molecule is CC(C)(C)c1cc(-n2ccc(C=O)n2)cc(C(C)(C)C)c1O. The molecule has 4 heteroatoms. The highest BCUT2D eigenvalue weighted by Crippen LogP contribution is 2.40. The molecule has 2 aromatic rings. The molecular formula is C18H24N2O2. The van der Waals surface area contributed by atoms with Gasteiger partial charge in [-0.15, -0.1) is 0 Å². The van der Waals surface area contributed by atoms with Crippen molar-refractivity contribution in [2.24, 2.45) is 0 Å². The molecule has 0 saturated carbocycles. The molecule has 1 heterocycles. The first-order valence-electron chi connectivity index (χ1n) is 7.43. The molecule has 1 N–H and O–H groups in total. The van der Waals surface area contributed by atoms with E-state index < -0.39 is 0 Å². The second-order valence-corrected chi connectivity index (χ2v) is 7.69. The average Bonchev–Trinajstić information content (AvgIpc) is 2.85. The number of phenolic OH excluding ortho intramolecular Hbond substituents is 1. The molecule has 118 valence electrons. The fourth-order valence-corrected chi connectivity index (χ4v) is 2.44. The van der Waals surface area contributed by atoms with E-state index >= 15 is 0 Å². The lowest BCUT2D eigenvalue weighted by Gasteiger charge is -2.28. The Morgan fingerprint density at radius 1 is 1.05 bits per heavy atom. The van der Waals surface area contributed by atoms with Gasteiger partial charge in [-0.05, 0) is 29.0 Å². The van der Waals surface area contributed by atoms with Gasteiger partial charge in [-0.3, -0.25) is 4.79 Å². The molecule has 0 fully saturated rings. The molecule has 0 aliphatic carbocycles. The summed E-state index contributed by atoms with van der Waals surface area (Å²) in [4.78, 5) is 10.8. The third-order valence-corrected chi connectivity index (χ3v) is 3.71. The first-order valence-corrected chi connectivity index (χ1v) is 7.43. The third-order valence-electron chi connectivity index (χ3n) is 3.71. The summed E-state index contributed by atoms with van der Waals surface area (Å²) < 4.78 is 1.67. The fraction of sp³-hybridized carbons (Fsp3) is 0.444. The van der Waals surface area contributed by atoms with Gasteiger partial charge < -0.3 is 5.11 Å². The smallest absolute Gasteiger partial charge is 0.170 e. The molecule has 0 radical (unpaired) electrons. The Kier molecular flexibility index (Phi) is 3.90. The summed E-state index contributed by atoms with van der Waals surface area (Å²) >= 11 is 0. The van der Waals surface area contributed by atoms with E-state index in [1.165, 1.54) is 0 Å². The summed E-state index contributed by atoms with van der Waals surface area (Å²) in [6.07, 6.45) is 2.49. The summed E-state index contributed by atoms with van der Waals surface area (Å²) in [6, 6.07) is 5.55. The van der Waals surface area contributed by atoms with Gasteiger partial charge in [0.05, 0.1) is 5.69 Å². The van der Waals surface area contributed by atoms with Crippen molar-refractivity contribution < 1.29 is 9.90 Å². The standard InChI is InChI=1S/C18H24N2O2/c1-17(2,3)14-9-13(20-8-7-12(11-21)19-20)10-15(16(14)22)18(4,5)6/h7-11,22H,1-6H3. The van der Waals surface area contributed by atoms with Gasteiger partial charge in [0.2, 0.25) is 0 Å². The monoisotopic (exact) mass is 300 g/mol. The van der Waals surface area contributed by atoms with Crippen molar-refractivity contribution in [2.75, 3.05) is 0 Å². The van der Waals surface area contributed by atoms with E-state index in [9.17, 15) is 9.90 Å². The minimum absolute atomic E-state index is 0.194. The Morgan fingerprint density at radius 3 is 1.91 bits per heavy atom. The highest BCUT2D eigenvalue weighted by Gasteiger charge is 2.27. The largest absolute Gasteiger partial charge is 0.507 e. The number of hydrogen-bond donors (Lipinski definition) is 1. The Hall–Kier alpha value is -2.10. The molecule has 0 aliphatic rings. The van der Waals surface area contributed by atoms with Crippen molar-refractivity contribution in [1.29, 1.82) is 0 Å². The van der Waals surface area contributed by atoms with Gasteiger partial charge in [-0.2, -0.15) is 5.10 Å². The van der Waals surface area contributed by atoms with Crippen LogP contribution in [-0.2, 0) is 10.8 Å². The number of aromatic nitrogens is 2. The summed E-state index contributed by atoms with van der Waals surface area (Å²) in [6.45, 7) is 12.4. The van der Waals surface area contributed by atoms with Crippen LogP contribution in [-0.4, -0.2) is 21.2 Å². The molecule has 0 amide bonds. The molecule has 0 spiro atoms. The summed E-state index contributed by atoms with van der Waals surface area (Å²) in [5.41, 5.74) is 2.60. The number of benzene rings is 1. The number of carbonyl (C=O) groups is 1. The van der Waals surface area contributed by atoms with Crippen LogP contribution in [0.1, 0.15) is 63.2 Å². The van der Waals surface area contributed by atoms with Gasteiger partial charge >= 0.3 is 0 Å². The Balaban J connectivity index is 2.72. The maximum Gasteiger partial charge on any atom is 0.170 e. The predicted molar refractivity (Wildman–Crippen MR) is 88.0 cm³/mol. The van der Waals surface area contributed by atoms with E-state index in [4.69, 9.17) is 0 Å². The lowest BCUT2D eigenvalue weighted by molar-refractivity contribution is 0.111. The summed E-state index contributed by atoms with van der Waals surface area (Å²) in [5.74, 6) is 0.339. The minimum atomic E-state index is -0.194. The van der Waals surface area contributed by atoms with E-state index in [2.05, 4.69) is 46.6 Å². The van der Waals surface area contributed by atoms with Crippen molar-refractivity contribution >= 4 is 6.29 Å². The molecule has 0 atom stereocenters. The molecule has 2 rings (SSSR count). The Morgan fingerprint density at radius 2 is 1.55 bits per heavy atom. The van der Waals surface area contributed by atoms with Crippen LogP contribution in [0.5, 0.6) is 5.75 Å². The molecule has 0 bridgehead atoms. The second kappa shape index (κ2) is 5.27. The van der Waals surface area contributed by atoms with Gasteiger partial charge in [0, 0.05) is 17.3 Å². The normalized spacial score (nSPS) is 12.5. The minimum Gasteiger partial charge on any atom is -0.507 e. The number of aldehydes is 1. The molecule has 0 unspecified atom stereocenters. The number of carbonyl (C=O) groups excluding carboxylic acids is 1. The molecule has 22 heavy (non-hydrogen) atoms. The Labute approximate surface area is 131 Å². The van der Waals surface area contributed by atoms with E-state index in [0.717, 1.165) is 23.1 Å². The van der Waals surface area contributed by atoms with Crippen molar-refractivity contribution in [3.8, 4) is 11.4 Å². The van der Waals surface area contributed by atoms with E-state index in [1.54, 1.807) is 16.9 Å². The van der Waals surface area contributed by atoms with Crippen molar-refractivity contribution in [2.45, 2.75) is 52.4 Å². The number of hydrogen-bond acceptors (Lipinski definition) is 3. The van der Waals surface area contributed by atoms with Crippen LogP contribution in [0.25, 0.3) is 5.69 Å². The molecule has 0 saturated heterocycles. The van der Waals surface area contributed by atoms with Crippen LogP contribution < -0.4 is 0 Å². The van der Waals surface area contributed by atoms with Gasteiger partial charge in [0.25, 0.3) is 0 Å². The molecule has 1 aromatic carbocycles. The van der Waals surface area contributed by atoms with Crippen LogP contribution in [0, 0.1) is 0 Å². The molecule has 0 aliphatic heterocycles. The fourth-order valence-electron chi connectivity index (χ4n) is 2.44. The topological polar surface area (TPSA) is 55.1 Å². The first-order chi connectivity index (χ1) is 10.0. The van der Waals surface area contributed by atoms with Crippen molar-refractivity contribution in [3.05, 3.63) is 41.2 Å². The number of nitrogens with zero attached hydrogens (tertiary/aromatic N) is 2. The third kappa shape index (κ3) is 3.06. The van der Waals surface area contributed by atoms with E-state index in [-0.39, 0.29) is 10.8 Å². The summed E-state index contributed by atoms with van der Waals surface area (Å²) in [5, 5.41) is 14.9. The predicted octanol–water partition coefficient (Wildman–Crippen LogP) is 3.99. The maximum absolute atomic E-state index is 10.8. The molecule has 1 aromatic heterocycles. The first kappa shape index (κ1) is 16.3. The highest BCUT2D eigenvalue weighted by atomic mass is 16.3. The maximum atomic E-state index is 10.8. The quantitative estimate of drug-likeness (QED) is 0.853. The van der Waals surface area contributed by atoms with Crippen LogP contribution in [0.2, 0.25) is 0 Å². The average molecular weight is 300 g/mol. The van der Waals surface area contributed by atoms with Gasteiger partial charge in [0.15, 0.2) is 6.29 Å². The van der Waals surface area contributed by atoms with Crippen LogP contribution >= 0.6 is 0 Å². The van der Waals surface area contributed by atoms with E-state index in [0.29, 0.717) is 11.4 Å². The lowest BCUT2D eigenvalue weighted by atomic mass is 9.79. The second-order valence-electron chi connectivity index (χ2n) is 7.69. The van der Waals surface area contributed by atoms with Crippen molar-refractivity contribution in [3.63, 3.8) is 0 Å². The highest BCUT2D eigenvalue weighted by molar-refractivity contribution is 5.71. The number of phenols is 1. The van der Waals surface area contributed by atoms with Crippen molar-refractivity contribution in [1.82, 2.24) is 9.78 Å². The van der Waals surface area contributed by atoms with Gasteiger partial charge in [-0.25, -0.2) is 4.68 Å². The number of rotatable bonds is 2.